The van der Waals surface area contributed by atoms with Gasteiger partial charge in [0, 0.05) is 6.54 Å². The van der Waals surface area contributed by atoms with Crippen molar-refractivity contribution in [2.45, 2.75) is 13.1 Å². The summed E-state index contributed by atoms with van der Waals surface area (Å²) in [5.74, 6) is 1.94. The molecule has 1 heterocycles. The molecule has 0 saturated carbocycles. The first-order valence-corrected chi connectivity index (χ1v) is 6.08. The molecule has 0 radical (unpaired) electrons. The highest BCUT2D eigenvalue weighted by Crippen LogP contribution is 2.37. The van der Waals surface area contributed by atoms with E-state index in [4.69, 9.17) is 21.1 Å². The number of methoxy groups -OCH3 is 2. The van der Waals surface area contributed by atoms with Crippen LogP contribution in [0.1, 0.15) is 11.4 Å². The average molecular weight is 283 g/mol. The lowest BCUT2D eigenvalue weighted by Crippen LogP contribution is -2.14. The molecule has 1 aromatic carbocycles. The number of hydrogen-bond donors (Lipinski definition) is 2. The zero-order valence-electron chi connectivity index (χ0n) is 10.7. The van der Waals surface area contributed by atoms with Crippen molar-refractivity contribution in [1.29, 1.82) is 0 Å². The molecule has 0 aliphatic rings. The molecule has 7 heteroatoms. The smallest absolute Gasteiger partial charge is 0.179 e. The van der Waals surface area contributed by atoms with Crippen LogP contribution in [0.15, 0.2) is 18.5 Å². The number of nitrogens with zero attached hydrogens (tertiary/aromatic N) is 2. The topological polar surface area (TPSA) is 72.1 Å². The number of hydrogen-bond acceptors (Lipinski definition) is 5. The second-order valence-corrected chi connectivity index (χ2v) is 4.19. The van der Waals surface area contributed by atoms with Crippen LogP contribution in [0, 0.1) is 0 Å². The summed E-state index contributed by atoms with van der Waals surface area (Å²) in [5, 5.41) is 10.3. The number of nitrogens with one attached hydrogen (secondary N) is 2. The molecule has 1 aromatic heterocycles. The molecule has 6 nitrogen and oxygen atoms in total. The van der Waals surface area contributed by atoms with Gasteiger partial charge in [-0.05, 0) is 11.6 Å². The van der Waals surface area contributed by atoms with Crippen molar-refractivity contribution in [3.8, 4) is 11.5 Å². The number of aromatic nitrogens is 3. The first kappa shape index (κ1) is 13.6. The fourth-order valence-corrected chi connectivity index (χ4v) is 2.00. The third-order valence-electron chi connectivity index (χ3n) is 2.64. The van der Waals surface area contributed by atoms with Crippen LogP contribution in [-0.4, -0.2) is 29.4 Å². The molecule has 2 N–H and O–H groups in total. The standard InChI is InChI=1S/C12H15ClN4O2/c1-18-9-4-3-8(11(13)12(9)19-2)5-14-6-10-15-7-16-17-10/h3-4,7,14H,5-6H2,1-2H3,(H,15,16,17). The zero-order chi connectivity index (χ0) is 13.7. The van der Waals surface area contributed by atoms with Crippen LogP contribution in [0.4, 0.5) is 0 Å². The maximum Gasteiger partial charge on any atom is 0.179 e. The number of H-pyrrole nitrogens is 1. The van der Waals surface area contributed by atoms with Gasteiger partial charge in [-0.15, -0.1) is 0 Å². The number of rotatable bonds is 6. The average Bonchev–Trinajstić information content (AvgIpc) is 2.93. The highest BCUT2D eigenvalue weighted by atomic mass is 35.5. The molecule has 0 aliphatic carbocycles. The first-order valence-electron chi connectivity index (χ1n) is 5.70. The fourth-order valence-electron chi connectivity index (χ4n) is 1.70. The largest absolute Gasteiger partial charge is 0.493 e. The van der Waals surface area contributed by atoms with Crippen LogP contribution >= 0.6 is 11.6 Å². The third-order valence-corrected chi connectivity index (χ3v) is 3.05. The van der Waals surface area contributed by atoms with E-state index in [0.29, 0.717) is 29.6 Å². The van der Waals surface area contributed by atoms with E-state index >= 15 is 0 Å². The van der Waals surface area contributed by atoms with Gasteiger partial charge in [-0.1, -0.05) is 17.7 Å². The van der Waals surface area contributed by atoms with Crippen molar-refractivity contribution in [3.05, 3.63) is 34.9 Å². The lowest BCUT2D eigenvalue weighted by atomic mass is 10.2. The summed E-state index contributed by atoms with van der Waals surface area (Å²) in [5.41, 5.74) is 0.929. The zero-order valence-corrected chi connectivity index (χ0v) is 11.5. The Bertz CT molecular complexity index is 531. The lowest BCUT2D eigenvalue weighted by molar-refractivity contribution is 0.354. The summed E-state index contributed by atoms with van der Waals surface area (Å²) < 4.78 is 10.4. The van der Waals surface area contributed by atoms with Gasteiger partial charge >= 0.3 is 0 Å². The van der Waals surface area contributed by atoms with Gasteiger partial charge in [0.2, 0.25) is 0 Å². The summed E-state index contributed by atoms with van der Waals surface area (Å²) in [4.78, 5) is 4.02. The lowest BCUT2D eigenvalue weighted by Gasteiger charge is -2.13. The summed E-state index contributed by atoms with van der Waals surface area (Å²) in [6.07, 6.45) is 1.47. The highest BCUT2D eigenvalue weighted by molar-refractivity contribution is 6.33. The maximum atomic E-state index is 6.27. The molecule has 0 spiro atoms. The van der Waals surface area contributed by atoms with E-state index in [0.717, 1.165) is 11.4 Å². The molecular formula is C12H15ClN4O2. The molecule has 102 valence electrons. The van der Waals surface area contributed by atoms with Crippen molar-refractivity contribution < 1.29 is 9.47 Å². The van der Waals surface area contributed by atoms with E-state index < -0.39 is 0 Å². The first-order chi connectivity index (χ1) is 9.26. The van der Waals surface area contributed by atoms with Crippen LogP contribution in [0.25, 0.3) is 0 Å². The Morgan fingerprint density at radius 3 is 2.74 bits per heavy atom. The van der Waals surface area contributed by atoms with E-state index in [9.17, 15) is 0 Å². The highest BCUT2D eigenvalue weighted by Gasteiger charge is 2.12. The van der Waals surface area contributed by atoms with Crippen molar-refractivity contribution in [3.63, 3.8) is 0 Å². The summed E-state index contributed by atoms with van der Waals surface area (Å²) in [6, 6.07) is 3.73. The minimum Gasteiger partial charge on any atom is -0.493 e. The quantitative estimate of drug-likeness (QED) is 0.845. The molecule has 0 aliphatic heterocycles. The molecule has 0 amide bonds. The van der Waals surface area contributed by atoms with E-state index in [1.54, 1.807) is 14.2 Å². The van der Waals surface area contributed by atoms with E-state index in [1.807, 2.05) is 12.1 Å². The number of benzene rings is 1. The van der Waals surface area contributed by atoms with Gasteiger partial charge in [0.25, 0.3) is 0 Å². The Kier molecular flexibility index (Phi) is 4.59. The minimum absolute atomic E-state index is 0.545. The van der Waals surface area contributed by atoms with Crippen molar-refractivity contribution >= 4 is 11.6 Å². The number of aromatic amines is 1. The van der Waals surface area contributed by atoms with Gasteiger partial charge in [0.15, 0.2) is 11.5 Å². The van der Waals surface area contributed by atoms with E-state index in [2.05, 4.69) is 20.5 Å². The molecule has 0 bridgehead atoms. The Hall–Kier alpha value is -1.79. The Morgan fingerprint density at radius 2 is 2.11 bits per heavy atom. The predicted octanol–water partition coefficient (Wildman–Crippen LogP) is 1.77. The van der Waals surface area contributed by atoms with Crippen molar-refractivity contribution in [2.75, 3.05) is 14.2 Å². The second kappa shape index (κ2) is 6.40. The second-order valence-electron chi connectivity index (χ2n) is 3.81. The Balaban J connectivity index is 2.04. The summed E-state index contributed by atoms with van der Waals surface area (Å²) >= 11 is 6.27. The van der Waals surface area contributed by atoms with E-state index in [1.165, 1.54) is 6.33 Å². The van der Waals surface area contributed by atoms with Gasteiger partial charge in [0.05, 0.1) is 25.8 Å². The predicted molar refractivity (Wildman–Crippen MR) is 71.5 cm³/mol. The monoisotopic (exact) mass is 282 g/mol. The van der Waals surface area contributed by atoms with Crippen LogP contribution in [0.3, 0.4) is 0 Å². The molecule has 2 rings (SSSR count). The van der Waals surface area contributed by atoms with Crippen LogP contribution in [0.2, 0.25) is 5.02 Å². The third kappa shape index (κ3) is 3.15. The normalized spacial score (nSPS) is 10.5. The fraction of sp³-hybridized carbons (Fsp3) is 0.333. The van der Waals surface area contributed by atoms with Crippen LogP contribution in [0.5, 0.6) is 11.5 Å². The minimum atomic E-state index is 0.545. The molecule has 2 aromatic rings. The van der Waals surface area contributed by atoms with Crippen LogP contribution < -0.4 is 14.8 Å². The molecular weight excluding hydrogens is 268 g/mol. The summed E-state index contributed by atoms with van der Waals surface area (Å²) in [6.45, 7) is 1.19. The van der Waals surface area contributed by atoms with Crippen LogP contribution in [-0.2, 0) is 13.1 Å². The molecule has 0 atom stereocenters. The van der Waals surface area contributed by atoms with Crippen molar-refractivity contribution in [1.82, 2.24) is 20.5 Å². The van der Waals surface area contributed by atoms with E-state index in [-0.39, 0.29) is 0 Å². The molecule has 0 saturated heterocycles. The Labute approximate surface area is 116 Å². The van der Waals surface area contributed by atoms with Gasteiger partial charge in [-0.25, -0.2) is 4.98 Å². The van der Waals surface area contributed by atoms with Gasteiger partial charge in [-0.2, -0.15) is 5.10 Å². The molecule has 19 heavy (non-hydrogen) atoms. The SMILES string of the molecule is COc1ccc(CNCc2ncn[nH]2)c(Cl)c1OC. The number of ether oxygens (including phenoxy) is 2. The summed E-state index contributed by atoms with van der Waals surface area (Å²) in [7, 11) is 3.14. The van der Waals surface area contributed by atoms with Gasteiger partial charge in [0.1, 0.15) is 12.2 Å². The maximum absolute atomic E-state index is 6.27. The Morgan fingerprint density at radius 1 is 1.26 bits per heavy atom. The molecule has 0 fully saturated rings. The number of halogens is 1. The molecule has 0 unspecified atom stereocenters. The van der Waals surface area contributed by atoms with Gasteiger partial charge in [-0.3, -0.25) is 5.10 Å². The van der Waals surface area contributed by atoms with Crippen molar-refractivity contribution in [2.24, 2.45) is 0 Å². The van der Waals surface area contributed by atoms with Gasteiger partial charge < -0.3 is 14.8 Å².